The van der Waals surface area contributed by atoms with Crippen molar-refractivity contribution in [2.24, 2.45) is 0 Å². The Morgan fingerprint density at radius 3 is 2.76 bits per heavy atom. The lowest BCUT2D eigenvalue weighted by molar-refractivity contribution is 1.04. The minimum absolute atomic E-state index is 0.730. The van der Waals surface area contributed by atoms with Gasteiger partial charge in [-0.3, -0.25) is 0 Å². The van der Waals surface area contributed by atoms with E-state index < -0.39 is 0 Å². The average molecular weight is 314 g/mol. The molecule has 6 heteroatoms. The van der Waals surface area contributed by atoms with E-state index >= 15 is 0 Å². The van der Waals surface area contributed by atoms with Crippen LogP contribution < -0.4 is 5.32 Å². The van der Waals surface area contributed by atoms with Crippen LogP contribution in [0.3, 0.4) is 0 Å². The van der Waals surface area contributed by atoms with Gasteiger partial charge in [0.05, 0.1) is 0 Å². The van der Waals surface area contributed by atoms with Gasteiger partial charge in [0.2, 0.25) is 0 Å². The number of thiazole rings is 1. The molecule has 3 aromatic rings. The first kappa shape index (κ1) is 14.0. The Balaban J connectivity index is 1.97. The maximum atomic E-state index is 4.64. The zero-order valence-corrected chi connectivity index (χ0v) is 13.1. The van der Waals surface area contributed by atoms with Crippen molar-refractivity contribution < 1.29 is 0 Å². The van der Waals surface area contributed by atoms with Crippen LogP contribution in [0.15, 0.2) is 57.3 Å². The van der Waals surface area contributed by atoms with Crippen LogP contribution in [0.1, 0.15) is 6.92 Å². The number of hydrogen-bond donors (Lipinski definition) is 1. The molecule has 0 aliphatic heterocycles. The molecule has 2 heterocycles. The van der Waals surface area contributed by atoms with Crippen molar-refractivity contribution in [3.63, 3.8) is 0 Å². The molecule has 1 aromatic carbocycles. The summed E-state index contributed by atoms with van der Waals surface area (Å²) in [4.78, 5) is 13.5. The lowest BCUT2D eigenvalue weighted by atomic mass is 10.2. The van der Waals surface area contributed by atoms with Gasteiger partial charge in [-0.25, -0.2) is 15.0 Å². The second kappa shape index (κ2) is 6.69. The van der Waals surface area contributed by atoms with Crippen molar-refractivity contribution in [1.82, 2.24) is 15.0 Å². The van der Waals surface area contributed by atoms with Gasteiger partial charge in [0.25, 0.3) is 0 Å². The summed E-state index contributed by atoms with van der Waals surface area (Å²) in [6, 6.07) is 12.0. The third-order valence-corrected chi connectivity index (χ3v) is 4.50. The Bertz CT molecular complexity index is 699. The molecule has 0 saturated carbocycles. The van der Waals surface area contributed by atoms with Crippen molar-refractivity contribution in [1.29, 1.82) is 0 Å². The van der Waals surface area contributed by atoms with Gasteiger partial charge in [0.1, 0.15) is 10.8 Å². The van der Waals surface area contributed by atoms with E-state index in [-0.39, 0.29) is 0 Å². The monoisotopic (exact) mass is 314 g/mol. The molecule has 0 aliphatic carbocycles. The molecular weight excluding hydrogens is 300 g/mol. The largest absolute Gasteiger partial charge is 0.370 e. The highest BCUT2D eigenvalue weighted by atomic mass is 32.2. The predicted octanol–water partition coefficient (Wildman–Crippen LogP) is 4.18. The van der Waals surface area contributed by atoms with E-state index in [1.165, 1.54) is 0 Å². The van der Waals surface area contributed by atoms with Crippen molar-refractivity contribution >= 4 is 28.9 Å². The third-order valence-electron chi connectivity index (χ3n) is 2.69. The summed E-state index contributed by atoms with van der Waals surface area (Å²) < 4.78 is 0.982. The summed E-state index contributed by atoms with van der Waals surface area (Å²) in [5.74, 6) is 1.57. The average Bonchev–Trinajstić information content (AvgIpc) is 3.01. The normalized spacial score (nSPS) is 10.5. The summed E-state index contributed by atoms with van der Waals surface area (Å²) in [6.07, 6.45) is 1.80. The van der Waals surface area contributed by atoms with Crippen molar-refractivity contribution in [2.45, 2.75) is 16.3 Å². The van der Waals surface area contributed by atoms with Crippen LogP contribution in [0.2, 0.25) is 0 Å². The first-order valence-electron chi connectivity index (χ1n) is 6.61. The first-order chi connectivity index (χ1) is 10.3. The number of hydrogen-bond acceptors (Lipinski definition) is 6. The second-order valence-electron chi connectivity index (χ2n) is 4.21. The van der Waals surface area contributed by atoms with Gasteiger partial charge in [-0.2, -0.15) is 0 Å². The van der Waals surface area contributed by atoms with Crippen LogP contribution >= 0.6 is 23.1 Å². The van der Waals surface area contributed by atoms with Crippen molar-refractivity contribution in [3.05, 3.63) is 48.0 Å². The lowest BCUT2D eigenvalue weighted by Crippen LogP contribution is -2.02. The van der Waals surface area contributed by atoms with E-state index in [0.717, 1.165) is 33.1 Å². The van der Waals surface area contributed by atoms with Gasteiger partial charge in [-0.1, -0.05) is 30.3 Å². The molecular formula is C15H14N4S2. The summed E-state index contributed by atoms with van der Waals surface area (Å²) >= 11 is 3.17. The number of aromatic nitrogens is 3. The molecule has 4 nitrogen and oxygen atoms in total. The molecule has 0 unspecified atom stereocenters. The predicted molar refractivity (Wildman–Crippen MR) is 87.9 cm³/mol. The van der Waals surface area contributed by atoms with E-state index in [4.69, 9.17) is 0 Å². The number of rotatable bonds is 5. The zero-order valence-electron chi connectivity index (χ0n) is 11.5. The molecule has 0 fully saturated rings. The highest BCUT2D eigenvalue weighted by Gasteiger charge is 2.09. The standard InChI is InChI=1S/C15H14N4S2/c1-2-16-12-10-13(21-15-17-8-9-20-15)19-14(18-12)11-6-4-3-5-7-11/h3-10H,2H2,1H3,(H,16,18,19). The quantitative estimate of drug-likeness (QED) is 0.716. The third kappa shape index (κ3) is 3.59. The first-order valence-corrected chi connectivity index (χ1v) is 8.30. The Morgan fingerprint density at radius 2 is 2.05 bits per heavy atom. The molecule has 0 bridgehead atoms. The van der Waals surface area contributed by atoms with Crippen molar-refractivity contribution in [3.8, 4) is 11.4 Å². The van der Waals surface area contributed by atoms with Gasteiger partial charge in [-0.15, -0.1) is 11.3 Å². The Morgan fingerprint density at radius 1 is 1.19 bits per heavy atom. The maximum Gasteiger partial charge on any atom is 0.162 e. The SMILES string of the molecule is CCNc1cc(Sc2nccs2)nc(-c2ccccc2)n1. The van der Waals surface area contributed by atoms with E-state index in [0.29, 0.717) is 0 Å². The Kier molecular flexibility index (Phi) is 4.47. The van der Waals surface area contributed by atoms with Crippen LogP contribution in [0.25, 0.3) is 11.4 Å². The molecule has 0 aliphatic rings. The fraction of sp³-hybridized carbons (Fsp3) is 0.133. The highest BCUT2D eigenvalue weighted by Crippen LogP contribution is 2.30. The van der Waals surface area contributed by atoms with Gasteiger partial charge in [0.15, 0.2) is 10.2 Å². The molecule has 1 N–H and O–H groups in total. The number of benzene rings is 1. The molecule has 0 radical (unpaired) electrons. The Labute approximate surface area is 131 Å². The topological polar surface area (TPSA) is 50.7 Å². The smallest absolute Gasteiger partial charge is 0.162 e. The molecule has 21 heavy (non-hydrogen) atoms. The van der Waals surface area contributed by atoms with E-state index in [2.05, 4.69) is 27.2 Å². The fourth-order valence-corrected chi connectivity index (χ4v) is 3.39. The van der Waals surface area contributed by atoms with E-state index in [1.54, 1.807) is 29.3 Å². The molecule has 106 valence electrons. The van der Waals surface area contributed by atoms with Gasteiger partial charge >= 0.3 is 0 Å². The van der Waals surface area contributed by atoms with Gasteiger partial charge < -0.3 is 5.32 Å². The van der Waals surface area contributed by atoms with Crippen LogP contribution in [-0.4, -0.2) is 21.5 Å². The highest BCUT2D eigenvalue weighted by molar-refractivity contribution is 8.01. The summed E-state index contributed by atoms with van der Waals surface area (Å²) in [6.45, 7) is 2.88. The van der Waals surface area contributed by atoms with Gasteiger partial charge in [0, 0.05) is 29.8 Å². The second-order valence-corrected chi connectivity index (χ2v) is 6.37. The van der Waals surface area contributed by atoms with E-state index in [9.17, 15) is 0 Å². The fourth-order valence-electron chi connectivity index (χ4n) is 1.82. The molecule has 2 aromatic heterocycles. The minimum Gasteiger partial charge on any atom is -0.370 e. The molecule has 3 rings (SSSR count). The van der Waals surface area contributed by atoms with Crippen LogP contribution in [0, 0.1) is 0 Å². The molecule has 0 spiro atoms. The number of nitrogens with one attached hydrogen (secondary N) is 1. The van der Waals surface area contributed by atoms with Gasteiger partial charge in [-0.05, 0) is 18.7 Å². The summed E-state index contributed by atoms with van der Waals surface area (Å²) in [7, 11) is 0. The Hall–Kier alpha value is -1.92. The zero-order chi connectivity index (χ0) is 14.5. The number of nitrogens with zero attached hydrogens (tertiary/aromatic N) is 3. The minimum atomic E-state index is 0.730. The maximum absolute atomic E-state index is 4.64. The summed E-state index contributed by atoms with van der Waals surface area (Å²) in [5, 5.41) is 6.12. The van der Waals surface area contributed by atoms with Crippen molar-refractivity contribution in [2.75, 3.05) is 11.9 Å². The lowest BCUT2D eigenvalue weighted by Gasteiger charge is -2.08. The molecule has 0 saturated heterocycles. The molecule has 0 amide bonds. The van der Waals surface area contributed by atoms with Crippen LogP contribution in [-0.2, 0) is 0 Å². The number of anilines is 1. The van der Waals surface area contributed by atoms with E-state index in [1.807, 2.05) is 41.8 Å². The molecule has 0 atom stereocenters. The van der Waals surface area contributed by atoms with Crippen LogP contribution in [0.5, 0.6) is 0 Å². The van der Waals surface area contributed by atoms with Crippen LogP contribution in [0.4, 0.5) is 5.82 Å². The summed E-state index contributed by atoms with van der Waals surface area (Å²) in [5.41, 5.74) is 1.01.